The highest BCUT2D eigenvalue weighted by molar-refractivity contribution is 5.82. The lowest BCUT2D eigenvalue weighted by molar-refractivity contribution is -0.385. The summed E-state index contributed by atoms with van der Waals surface area (Å²) in [6, 6.07) is 2.68. The van der Waals surface area contributed by atoms with E-state index in [1.807, 2.05) is 0 Å². The van der Waals surface area contributed by atoms with Gasteiger partial charge in [-0.25, -0.2) is 0 Å². The molecule has 5 heteroatoms. The molecule has 0 aliphatic rings. The molecular formula is C9H9NO4. The molecule has 74 valence electrons. The molecule has 0 aliphatic heterocycles. The van der Waals surface area contributed by atoms with Crippen LogP contribution in [-0.4, -0.2) is 18.3 Å². The summed E-state index contributed by atoms with van der Waals surface area (Å²) in [5, 5.41) is 10.6. The van der Waals surface area contributed by atoms with E-state index in [1.54, 1.807) is 6.92 Å². The summed E-state index contributed by atoms with van der Waals surface area (Å²) in [5.41, 5.74) is 0.524. The van der Waals surface area contributed by atoms with E-state index in [0.717, 1.165) is 0 Å². The molecule has 0 unspecified atom stereocenters. The Labute approximate surface area is 80.5 Å². The van der Waals surface area contributed by atoms with Crippen molar-refractivity contribution in [2.24, 2.45) is 0 Å². The fraction of sp³-hybridized carbons (Fsp3) is 0.222. The molecule has 0 saturated heterocycles. The first-order chi connectivity index (χ1) is 6.60. The number of aryl methyl sites for hydroxylation is 1. The second-order valence-corrected chi connectivity index (χ2v) is 2.76. The molecule has 1 aromatic carbocycles. The SMILES string of the molecule is COc1cc([N+](=O)[O-])c(C=O)cc1C. The van der Waals surface area contributed by atoms with Crippen LogP contribution in [0, 0.1) is 17.0 Å². The Morgan fingerprint density at radius 2 is 2.14 bits per heavy atom. The highest BCUT2D eigenvalue weighted by atomic mass is 16.6. The van der Waals surface area contributed by atoms with Gasteiger partial charge in [-0.3, -0.25) is 14.9 Å². The molecule has 14 heavy (non-hydrogen) atoms. The highest BCUT2D eigenvalue weighted by Crippen LogP contribution is 2.27. The molecule has 0 radical (unpaired) electrons. The fourth-order valence-electron chi connectivity index (χ4n) is 1.17. The number of nitro benzene ring substituents is 1. The van der Waals surface area contributed by atoms with Crippen molar-refractivity contribution in [1.29, 1.82) is 0 Å². The number of nitrogens with zero attached hydrogens (tertiary/aromatic N) is 1. The van der Waals surface area contributed by atoms with Crippen molar-refractivity contribution in [3.63, 3.8) is 0 Å². The maximum Gasteiger partial charge on any atom is 0.283 e. The quantitative estimate of drug-likeness (QED) is 0.418. The Kier molecular flexibility index (Phi) is 2.81. The van der Waals surface area contributed by atoms with Gasteiger partial charge in [0.1, 0.15) is 5.75 Å². The molecule has 0 spiro atoms. The van der Waals surface area contributed by atoms with Crippen LogP contribution < -0.4 is 4.74 Å². The van der Waals surface area contributed by atoms with Crippen LogP contribution in [0.1, 0.15) is 15.9 Å². The van der Waals surface area contributed by atoms with Crippen LogP contribution in [0.3, 0.4) is 0 Å². The summed E-state index contributed by atoms with van der Waals surface area (Å²) in [5.74, 6) is 0.405. The maximum absolute atomic E-state index is 10.6. The van der Waals surface area contributed by atoms with E-state index in [-0.39, 0.29) is 11.3 Å². The summed E-state index contributed by atoms with van der Waals surface area (Å²) in [6.07, 6.45) is 0.463. The van der Waals surface area contributed by atoms with Gasteiger partial charge in [-0.1, -0.05) is 0 Å². The average molecular weight is 195 g/mol. The number of carbonyl (C=O) groups excluding carboxylic acids is 1. The van der Waals surface area contributed by atoms with Gasteiger partial charge in [0.15, 0.2) is 6.29 Å². The largest absolute Gasteiger partial charge is 0.496 e. The molecule has 1 rings (SSSR count). The maximum atomic E-state index is 10.6. The predicted octanol–water partition coefficient (Wildman–Crippen LogP) is 1.72. The predicted molar refractivity (Wildman–Crippen MR) is 49.8 cm³/mol. The molecule has 0 fully saturated rings. The summed E-state index contributed by atoms with van der Waals surface area (Å²) in [6.45, 7) is 1.72. The van der Waals surface area contributed by atoms with Gasteiger partial charge in [0.2, 0.25) is 0 Å². The molecular weight excluding hydrogens is 186 g/mol. The van der Waals surface area contributed by atoms with E-state index < -0.39 is 4.92 Å². The minimum absolute atomic E-state index is 0.0632. The number of rotatable bonds is 3. The summed E-state index contributed by atoms with van der Waals surface area (Å²) < 4.78 is 4.91. The van der Waals surface area contributed by atoms with E-state index in [9.17, 15) is 14.9 Å². The summed E-state index contributed by atoms with van der Waals surface area (Å²) >= 11 is 0. The van der Waals surface area contributed by atoms with E-state index in [1.165, 1.54) is 19.2 Å². The lowest BCUT2D eigenvalue weighted by Gasteiger charge is -2.04. The second-order valence-electron chi connectivity index (χ2n) is 2.76. The number of ether oxygens (including phenoxy) is 1. The third-order valence-corrected chi connectivity index (χ3v) is 1.87. The molecule has 0 atom stereocenters. The van der Waals surface area contributed by atoms with Gasteiger partial charge in [-0.15, -0.1) is 0 Å². The molecule has 0 aliphatic carbocycles. The molecule has 0 bridgehead atoms. The van der Waals surface area contributed by atoms with Gasteiger partial charge in [0.25, 0.3) is 5.69 Å². The van der Waals surface area contributed by atoms with Crippen molar-refractivity contribution in [2.75, 3.05) is 7.11 Å². The highest BCUT2D eigenvalue weighted by Gasteiger charge is 2.16. The van der Waals surface area contributed by atoms with Crippen LogP contribution in [0.5, 0.6) is 5.75 Å². The van der Waals surface area contributed by atoms with Gasteiger partial charge < -0.3 is 4.74 Å². The number of methoxy groups -OCH3 is 1. The third-order valence-electron chi connectivity index (χ3n) is 1.87. The van der Waals surface area contributed by atoms with Crippen molar-refractivity contribution in [3.8, 4) is 5.75 Å². The molecule has 5 nitrogen and oxygen atoms in total. The number of aldehydes is 1. The Balaban J connectivity index is 3.39. The number of benzene rings is 1. The van der Waals surface area contributed by atoms with Gasteiger partial charge in [0.05, 0.1) is 23.7 Å². The lowest BCUT2D eigenvalue weighted by atomic mass is 10.1. The van der Waals surface area contributed by atoms with E-state index in [0.29, 0.717) is 17.6 Å². The van der Waals surface area contributed by atoms with E-state index in [4.69, 9.17) is 4.74 Å². The Morgan fingerprint density at radius 1 is 1.50 bits per heavy atom. The van der Waals surface area contributed by atoms with Gasteiger partial charge in [0, 0.05) is 0 Å². The third kappa shape index (κ3) is 1.71. The van der Waals surface area contributed by atoms with Crippen molar-refractivity contribution in [3.05, 3.63) is 33.4 Å². The zero-order valence-corrected chi connectivity index (χ0v) is 7.81. The average Bonchev–Trinajstić information content (AvgIpc) is 2.16. The van der Waals surface area contributed by atoms with Gasteiger partial charge >= 0.3 is 0 Å². The Bertz CT molecular complexity index is 387. The molecule has 0 heterocycles. The standard InChI is InChI=1S/C9H9NO4/c1-6-3-7(5-11)8(10(12)13)4-9(6)14-2/h3-5H,1-2H3. The second kappa shape index (κ2) is 3.87. The fourth-order valence-corrected chi connectivity index (χ4v) is 1.17. The van der Waals surface area contributed by atoms with Crippen LogP contribution >= 0.6 is 0 Å². The monoisotopic (exact) mass is 195 g/mol. The zero-order valence-electron chi connectivity index (χ0n) is 7.81. The van der Waals surface area contributed by atoms with E-state index in [2.05, 4.69) is 0 Å². The van der Waals surface area contributed by atoms with Crippen molar-refractivity contribution >= 4 is 12.0 Å². The first kappa shape index (κ1) is 10.2. The van der Waals surface area contributed by atoms with Crippen LogP contribution in [-0.2, 0) is 0 Å². The molecule has 0 saturated carbocycles. The topological polar surface area (TPSA) is 69.4 Å². The summed E-state index contributed by atoms with van der Waals surface area (Å²) in [4.78, 5) is 20.5. The van der Waals surface area contributed by atoms with Crippen LogP contribution in [0.2, 0.25) is 0 Å². The number of carbonyl (C=O) groups is 1. The van der Waals surface area contributed by atoms with Crippen molar-refractivity contribution in [2.45, 2.75) is 6.92 Å². The minimum atomic E-state index is -0.605. The van der Waals surface area contributed by atoms with Gasteiger partial charge in [-0.05, 0) is 18.6 Å². The number of hydrogen-bond acceptors (Lipinski definition) is 4. The number of nitro groups is 1. The van der Waals surface area contributed by atoms with Gasteiger partial charge in [-0.2, -0.15) is 0 Å². The van der Waals surface area contributed by atoms with Crippen LogP contribution in [0.4, 0.5) is 5.69 Å². The molecule has 0 aromatic heterocycles. The van der Waals surface area contributed by atoms with Crippen molar-refractivity contribution < 1.29 is 14.5 Å². The van der Waals surface area contributed by atoms with Crippen LogP contribution in [0.15, 0.2) is 12.1 Å². The summed E-state index contributed by atoms with van der Waals surface area (Å²) in [7, 11) is 1.42. The van der Waals surface area contributed by atoms with Crippen molar-refractivity contribution in [1.82, 2.24) is 0 Å². The first-order valence-electron chi connectivity index (χ1n) is 3.88. The normalized spacial score (nSPS) is 9.57. The van der Waals surface area contributed by atoms with Crippen LogP contribution in [0.25, 0.3) is 0 Å². The minimum Gasteiger partial charge on any atom is -0.496 e. The smallest absolute Gasteiger partial charge is 0.283 e. The first-order valence-corrected chi connectivity index (χ1v) is 3.88. The Hall–Kier alpha value is -1.91. The van der Waals surface area contributed by atoms with E-state index >= 15 is 0 Å². The molecule has 0 amide bonds. The zero-order chi connectivity index (χ0) is 10.7. The molecule has 0 N–H and O–H groups in total. The lowest BCUT2D eigenvalue weighted by Crippen LogP contribution is -1.97. The molecule has 1 aromatic rings. The number of hydrogen-bond donors (Lipinski definition) is 0. The Morgan fingerprint density at radius 3 is 2.57 bits per heavy atom.